The second-order valence-electron chi connectivity index (χ2n) is 7.11. The molecule has 1 aromatic carbocycles. The third-order valence-electron chi connectivity index (χ3n) is 4.84. The van der Waals surface area contributed by atoms with Crippen molar-refractivity contribution in [2.45, 2.75) is 25.4 Å². The normalized spacial score (nSPS) is 16.9. The maximum Gasteiger partial charge on any atom is 0.321 e. The Morgan fingerprint density at radius 1 is 1.14 bits per heavy atom. The molecule has 144 valence electrons. The number of aromatic nitrogens is 4. The lowest BCUT2D eigenvalue weighted by atomic mass is 10.1. The highest BCUT2D eigenvalue weighted by atomic mass is 16.5. The van der Waals surface area contributed by atoms with Gasteiger partial charge in [-0.15, -0.1) is 0 Å². The van der Waals surface area contributed by atoms with Gasteiger partial charge in [0.05, 0.1) is 24.1 Å². The first-order valence-electron chi connectivity index (χ1n) is 9.46. The molecular formula is C21H24N6O. The molecule has 0 bridgehead atoms. The smallest absolute Gasteiger partial charge is 0.321 e. The lowest BCUT2D eigenvalue weighted by Gasteiger charge is -2.25. The van der Waals surface area contributed by atoms with Crippen molar-refractivity contribution in [2.24, 2.45) is 0 Å². The van der Waals surface area contributed by atoms with E-state index in [-0.39, 0.29) is 6.04 Å². The number of nitrogens with zero attached hydrogens (tertiary/aromatic N) is 6. The Hall–Kier alpha value is -3.06. The molecule has 7 nitrogen and oxygen atoms in total. The molecule has 2 aromatic heterocycles. The SMILES string of the molecule is CN(C)c1cncc(C2CCCN2Cc2cccc(Oc3ncccn3)c2)n1. The van der Waals surface area contributed by atoms with Gasteiger partial charge < -0.3 is 9.64 Å². The molecule has 1 aliphatic heterocycles. The first kappa shape index (κ1) is 18.3. The summed E-state index contributed by atoms with van der Waals surface area (Å²) < 4.78 is 5.77. The van der Waals surface area contributed by atoms with Crippen LogP contribution in [0.4, 0.5) is 5.82 Å². The fourth-order valence-electron chi connectivity index (χ4n) is 3.48. The van der Waals surface area contributed by atoms with Crippen LogP contribution in [0.1, 0.15) is 30.1 Å². The molecule has 0 radical (unpaired) electrons. The Balaban J connectivity index is 1.49. The highest BCUT2D eigenvalue weighted by molar-refractivity contribution is 5.34. The Morgan fingerprint density at radius 3 is 2.82 bits per heavy atom. The van der Waals surface area contributed by atoms with Crippen LogP contribution in [0.15, 0.2) is 55.1 Å². The number of likely N-dealkylation sites (tertiary alicyclic amines) is 1. The van der Waals surface area contributed by atoms with Crippen LogP contribution < -0.4 is 9.64 Å². The molecule has 1 saturated heterocycles. The molecule has 3 heterocycles. The number of hydrogen-bond donors (Lipinski definition) is 0. The molecule has 1 fully saturated rings. The summed E-state index contributed by atoms with van der Waals surface area (Å²) >= 11 is 0. The van der Waals surface area contributed by atoms with E-state index in [1.54, 1.807) is 24.7 Å². The molecule has 0 aliphatic carbocycles. The largest absolute Gasteiger partial charge is 0.424 e. The maximum atomic E-state index is 5.77. The Kier molecular flexibility index (Phi) is 5.43. The van der Waals surface area contributed by atoms with E-state index >= 15 is 0 Å². The van der Waals surface area contributed by atoms with Crippen molar-refractivity contribution in [3.8, 4) is 11.8 Å². The fraction of sp³-hybridized carbons (Fsp3) is 0.333. The average molecular weight is 376 g/mol. The van der Waals surface area contributed by atoms with Crippen LogP contribution in [0.2, 0.25) is 0 Å². The molecule has 0 N–H and O–H groups in total. The van der Waals surface area contributed by atoms with Crippen LogP contribution in [0.25, 0.3) is 0 Å². The van der Waals surface area contributed by atoms with Crippen LogP contribution in [0.5, 0.6) is 11.8 Å². The average Bonchev–Trinajstić information content (AvgIpc) is 3.17. The predicted octanol–water partition coefficient (Wildman–Crippen LogP) is 3.46. The van der Waals surface area contributed by atoms with E-state index in [0.29, 0.717) is 6.01 Å². The van der Waals surface area contributed by atoms with Crippen molar-refractivity contribution in [3.05, 3.63) is 66.4 Å². The van der Waals surface area contributed by atoms with E-state index in [1.165, 1.54) is 5.56 Å². The van der Waals surface area contributed by atoms with Crippen molar-refractivity contribution in [3.63, 3.8) is 0 Å². The summed E-state index contributed by atoms with van der Waals surface area (Å²) in [6.45, 7) is 1.89. The number of ether oxygens (including phenoxy) is 1. The highest BCUT2D eigenvalue weighted by Gasteiger charge is 2.27. The molecule has 28 heavy (non-hydrogen) atoms. The van der Waals surface area contributed by atoms with E-state index in [4.69, 9.17) is 9.72 Å². The lowest BCUT2D eigenvalue weighted by molar-refractivity contribution is 0.244. The summed E-state index contributed by atoms with van der Waals surface area (Å²) in [7, 11) is 3.98. The Labute approximate surface area is 165 Å². The summed E-state index contributed by atoms with van der Waals surface area (Å²) in [5.74, 6) is 1.64. The fourth-order valence-corrected chi connectivity index (χ4v) is 3.48. The quantitative estimate of drug-likeness (QED) is 0.652. The first-order chi connectivity index (χ1) is 13.7. The zero-order valence-electron chi connectivity index (χ0n) is 16.2. The van der Waals surface area contributed by atoms with Crippen molar-refractivity contribution >= 4 is 5.82 Å². The van der Waals surface area contributed by atoms with E-state index in [1.807, 2.05) is 43.4 Å². The number of hydrogen-bond acceptors (Lipinski definition) is 7. The van der Waals surface area contributed by atoms with Crippen molar-refractivity contribution < 1.29 is 4.74 Å². The van der Waals surface area contributed by atoms with E-state index in [2.05, 4.69) is 25.9 Å². The summed E-state index contributed by atoms with van der Waals surface area (Å²) in [5, 5.41) is 0. The third kappa shape index (κ3) is 4.26. The maximum absolute atomic E-state index is 5.77. The Morgan fingerprint density at radius 2 is 2.00 bits per heavy atom. The summed E-state index contributed by atoms with van der Waals surface area (Å²) in [6.07, 6.45) is 9.29. The zero-order valence-corrected chi connectivity index (χ0v) is 16.2. The van der Waals surface area contributed by atoms with Gasteiger partial charge in [-0.2, -0.15) is 0 Å². The highest BCUT2D eigenvalue weighted by Crippen LogP contribution is 2.33. The van der Waals surface area contributed by atoms with Gasteiger partial charge in [-0.05, 0) is 43.1 Å². The zero-order chi connectivity index (χ0) is 19.3. The van der Waals surface area contributed by atoms with Crippen LogP contribution in [-0.4, -0.2) is 45.5 Å². The summed E-state index contributed by atoms with van der Waals surface area (Å²) in [5.41, 5.74) is 2.23. The molecule has 4 rings (SSSR count). The second-order valence-corrected chi connectivity index (χ2v) is 7.11. The predicted molar refractivity (Wildman–Crippen MR) is 107 cm³/mol. The van der Waals surface area contributed by atoms with Crippen LogP contribution in [-0.2, 0) is 6.54 Å². The van der Waals surface area contributed by atoms with Crippen molar-refractivity contribution in [2.75, 3.05) is 25.5 Å². The second kappa shape index (κ2) is 8.31. The summed E-state index contributed by atoms with van der Waals surface area (Å²) in [6, 6.07) is 10.5. The van der Waals surface area contributed by atoms with Gasteiger partial charge in [0, 0.05) is 33.0 Å². The number of rotatable bonds is 6. The lowest BCUT2D eigenvalue weighted by Crippen LogP contribution is -2.24. The molecular weight excluding hydrogens is 352 g/mol. The van der Waals surface area contributed by atoms with Crippen molar-refractivity contribution in [1.82, 2.24) is 24.8 Å². The minimum Gasteiger partial charge on any atom is -0.424 e. The molecule has 0 spiro atoms. The summed E-state index contributed by atoms with van der Waals surface area (Å²) in [4.78, 5) is 21.9. The van der Waals surface area contributed by atoms with Crippen LogP contribution in [0.3, 0.4) is 0 Å². The standard InChI is InChI=1S/C21H24N6O/c1-26(2)20-14-22-13-18(25-20)19-8-4-11-27(19)15-16-6-3-7-17(12-16)28-21-23-9-5-10-24-21/h3,5-7,9-10,12-14,19H,4,8,11,15H2,1-2H3. The molecule has 0 saturated carbocycles. The molecule has 1 unspecified atom stereocenters. The van der Waals surface area contributed by atoms with Gasteiger partial charge in [0.2, 0.25) is 0 Å². The van der Waals surface area contributed by atoms with Crippen LogP contribution in [0, 0.1) is 0 Å². The van der Waals surface area contributed by atoms with Gasteiger partial charge in [0.15, 0.2) is 0 Å². The minimum absolute atomic E-state index is 0.287. The van der Waals surface area contributed by atoms with Gasteiger partial charge in [0.25, 0.3) is 0 Å². The van der Waals surface area contributed by atoms with Crippen LogP contribution >= 0.6 is 0 Å². The van der Waals surface area contributed by atoms with E-state index in [0.717, 1.165) is 43.2 Å². The van der Waals surface area contributed by atoms with E-state index in [9.17, 15) is 0 Å². The van der Waals surface area contributed by atoms with Gasteiger partial charge in [0.1, 0.15) is 11.6 Å². The molecule has 3 aromatic rings. The Bertz CT molecular complexity index is 918. The monoisotopic (exact) mass is 376 g/mol. The first-order valence-corrected chi connectivity index (χ1v) is 9.46. The third-order valence-corrected chi connectivity index (χ3v) is 4.84. The molecule has 7 heteroatoms. The minimum atomic E-state index is 0.287. The van der Waals surface area contributed by atoms with Gasteiger partial charge in [-0.25, -0.2) is 15.0 Å². The topological polar surface area (TPSA) is 67.3 Å². The molecule has 1 aliphatic rings. The van der Waals surface area contributed by atoms with Crippen molar-refractivity contribution in [1.29, 1.82) is 0 Å². The van der Waals surface area contributed by atoms with Gasteiger partial charge >= 0.3 is 6.01 Å². The van der Waals surface area contributed by atoms with Gasteiger partial charge in [-0.1, -0.05) is 12.1 Å². The van der Waals surface area contributed by atoms with E-state index < -0.39 is 0 Å². The number of benzene rings is 1. The molecule has 1 atom stereocenters. The molecule has 0 amide bonds. The van der Waals surface area contributed by atoms with Gasteiger partial charge in [-0.3, -0.25) is 9.88 Å². The number of anilines is 1.